The molecule has 1 N–H and O–H groups in total. The molecule has 0 radical (unpaired) electrons. The molecule has 156 valence electrons. The van der Waals surface area contributed by atoms with E-state index >= 15 is 0 Å². The van der Waals surface area contributed by atoms with Crippen molar-refractivity contribution in [2.75, 3.05) is 19.0 Å². The lowest BCUT2D eigenvalue weighted by Gasteiger charge is -2.12. The van der Waals surface area contributed by atoms with Gasteiger partial charge in [0.25, 0.3) is 11.8 Å². The van der Waals surface area contributed by atoms with Crippen LogP contribution in [0, 0.1) is 6.92 Å². The third-order valence-electron chi connectivity index (χ3n) is 4.53. The van der Waals surface area contributed by atoms with Crippen LogP contribution in [0.2, 0.25) is 0 Å². The summed E-state index contributed by atoms with van der Waals surface area (Å²) in [5, 5.41) is 6.86. The monoisotopic (exact) mass is 415 g/mol. The summed E-state index contributed by atoms with van der Waals surface area (Å²) in [5.41, 5.74) is 3.34. The molecule has 3 aromatic carbocycles. The fraction of sp³-hybridized carbons (Fsp3) is 0.125. The number of amides is 1. The maximum atomic E-state index is 12.2. The molecular weight excluding hydrogens is 394 g/mol. The van der Waals surface area contributed by atoms with Crippen LogP contribution in [0.3, 0.4) is 0 Å². The minimum Gasteiger partial charge on any atom is -0.493 e. The number of methoxy groups -OCH3 is 1. The van der Waals surface area contributed by atoms with Crippen molar-refractivity contribution in [1.82, 2.24) is 10.1 Å². The van der Waals surface area contributed by atoms with E-state index < -0.39 is 0 Å². The van der Waals surface area contributed by atoms with E-state index in [0.29, 0.717) is 28.8 Å². The molecule has 4 rings (SSSR count). The number of hydrogen-bond donors (Lipinski definition) is 1. The van der Waals surface area contributed by atoms with E-state index in [0.717, 1.165) is 16.8 Å². The van der Waals surface area contributed by atoms with Crippen LogP contribution in [0.4, 0.5) is 5.69 Å². The minimum atomic E-state index is -0.262. The summed E-state index contributed by atoms with van der Waals surface area (Å²) in [6, 6.07) is 22.3. The Hall–Kier alpha value is -4.13. The molecule has 0 aliphatic carbocycles. The van der Waals surface area contributed by atoms with Gasteiger partial charge in [0.05, 0.1) is 7.11 Å². The van der Waals surface area contributed by atoms with E-state index in [4.69, 9.17) is 14.0 Å². The van der Waals surface area contributed by atoms with Crippen molar-refractivity contribution in [3.63, 3.8) is 0 Å². The third kappa shape index (κ3) is 4.90. The maximum absolute atomic E-state index is 12.2. The number of anilines is 1. The van der Waals surface area contributed by atoms with Gasteiger partial charge in [0.15, 0.2) is 18.1 Å². The first kappa shape index (κ1) is 20.2. The quantitative estimate of drug-likeness (QED) is 0.469. The van der Waals surface area contributed by atoms with Crippen LogP contribution in [-0.4, -0.2) is 29.8 Å². The molecule has 4 aromatic rings. The fourth-order valence-corrected chi connectivity index (χ4v) is 3.03. The number of benzene rings is 3. The van der Waals surface area contributed by atoms with E-state index in [9.17, 15) is 4.79 Å². The van der Waals surface area contributed by atoms with Crippen LogP contribution in [0.5, 0.6) is 11.5 Å². The molecule has 0 bridgehead atoms. The first-order valence-electron chi connectivity index (χ1n) is 9.69. The lowest BCUT2D eigenvalue weighted by molar-refractivity contribution is -0.118. The first-order valence-corrected chi connectivity index (χ1v) is 9.69. The van der Waals surface area contributed by atoms with Gasteiger partial charge in [0.1, 0.15) is 0 Å². The first-order chi connectivity index (χ1) is 15.1. The number of carbonyl (C=O) groups is 1. The Morgan fingerprint density at radius 3 is 2.58 bits per heavy atom. The summed E-state index contributed by atoms with van der Waals surface area (Å²) in [7, 11) is 1.53. The Kier molecular flexibility index (Phi) is 5.93. The smallest absolute Gasteiger partial charge is 0.262 e. The number of nitrogens with zero attached hydrogens (tertiary/aromatic N) is 2. The fourth-order valence-electron chi connectivity index (χ4n) is 3.03. The highest BCUT2D eigenvalue weighted by molar-refractivity contribution is 5.92. The highest BCUT2D eigenvalue weighted by Gasteiger charge is 2.14. The topological polar surface area (TPSA) is 86.5 Å². The number of ether oxygens (including phenoxy) is 2. The second kappa shape index (κ2) is 9.13. The second-order valence-electron chi connectivity index (χ2n) is 6.86. The number of rotatable bonds is 7. The van der Waals surface area contributed by atoms with Gasteiger partial charge in [-0.1, -0.05) is 35.5 Å². The normalized spacial score (nSPS) is 10.5. The average molecular weight is 415 g/mol. The van der Waals surface area contributed by atoms with Gasteiger partial charge in [0.2, 0.25) is 5.82 Å². The van der Waals surface area contributed by atoms with Crippen LogP contribution in [0.25, 0.3) is 22.8 Å². The van der Waals surface area contributed by atoms with Crippen molar-refractivity contribution in [3.8, 4) is 34.3 Å². The Labute approximate surface area is 179 Å². The third-order valence-corrected chi connectivity index (χ3v) is 4.53. The lowest BCUT2D eigenvalue weighted by atomic mass is 10.2. The molecule has 1 amide bonds. The Balaban J connectivity index is 1.45. The standard InChI is InChI=1S/C24H21N3O4/c1-16-7-6-10-19(13-16)25-22(28)15-30-20-12-11-18(14-21(20)29-2)23-26-24(31-27-23)17-8-4-3-5-9-17/h3-14H,15H2,1-2H3,(H,25,28). The SMILES string of the molecule is COc1cc(-c2noc(-c3ccccc3)n2)ccc1OCC(=O)Nc1cccc(C)c1. The van der Waals surface area contributed by atoms with Crippen molar-refractivity contribution in [2.24, 2.45) is 0 Å². The molecule has 0 fully saturated rings. The molecule has 0 aliphatic rings. The summed E-state index contributed by atoms with van der Waals surface area (Å²) in [6.07, 6.45) is 0. The zero-order valence-electron chi connectivity index (χ0n) is 17.2. The summed E-state index contributed by atoms with van der Waals surface area (Å²) < 4.78 is 16.4. The Bertz CT molecular complexity index is 1190. The Morgan fingerprint density at radius 1 is 0.968 bits per heavy atom. The summed E-state index contributed by atoms with van der Waals surface area (Å²) >= 11 is 0. The van der Waals surface area contributed by atoms with Crippen LogP contribution in [0.15, 0.2) is 77.3 Å². The predicted octanol–water partition coefficient (Wildman–Crippen LogP) is 4.74. The number of aromatic nitrogens is 2. The highest BCUT2D eigenvalue weighted by Crippen LogP contribution is 2.32. The zero-order chi connectivity index (χ0) is 21.6. The van der Waals surface area contributed by atoms with Gasteiger partial charge in [-0.2, -0.15) is 4.98 Å². The van der Waals surface area contributed by atoms with Gasteiger partial charge in [-0.3, -0.25) is 4.79 Å². The van der Waals surface area contributed by atoms with Gasteiger partial charge >= 0.3 is 0 Å². The largest absolute Gasteiger partial charge is 0.493 e. The van der Waals surface area contributed by atoms with Gasteiger partial charge < -0.3 is 19.3 Å². The maximum Gasteiger partial charge on any atom is 0.262 e. The van der Waals surface area contributed by atoms with Gasteiger partial charge in [-0.25, -0.2) is 0 Å². The molecule has 0 atom stereocenters. The lowest BCUT2D eigenvalue weighted by Crippen LogP contribution is -2.20. The summed E-state index contributed by atoms with van der Waals surface area (Å²) in [6.45, 7) is 1.81. The van der Waals surface area contributed by atoms with E-state index in [1.807, 2.05) is 61.5 Å². The highest BCUT2D eigenvalue weighted by atomic mass is 16.5. The number of carbonyl (C=O) groups excluding carboxylic acids is 1. The molecular formula is C24H21N3O4. The summed E-state index contributed by atoms with van der Waals surface area (Å²) in [4.78, 5) is 16.7. The van der Waals surface area contributed by atoms with Crippen molar-refractivity contribution in [3.05, 3.63) is 78.4 Å². The zero-order valence-corrected chi connectivity index (χ0v) is 17.2. The number of nitrogens with one attached hydrogen (secondary N) is 1. The van der Waals surface area contributed by atoms with Gasteiger partial charge in [-0.05, 0) is 55.0 Å². The second-order valence-corrected chi connectivity index (χ2v) is 6.86. The Morgan fingerprint density at radius 2 is 1.81 bits per heavy atom. The number of hydrogen-bond acceptors (Lipinski definition) is 6. The van der Waals surface area contributed by atoms with E-state index in [-0.39, 0.29) is 12.5 Å². The predicted molar refractivity (Wildman–Crippen MR) is 117 cm³/mol. The minimum absolute atomic E-state index is 0.149. The van der Waals surface area contributed by atoms with Crippen LogP contribution in [0.1, 0.15) is 5.56 Å². The van der Waals surface area contributed by atoms with Gasteiger partial charge in [0, 0.05) is 16.8 Å². The molecule has 7 nitrogen and oxygen atoms in total. The number of aryl methyl sites for hydroxylation is 1. The van der Waals surface area contributed by atoms with Gasteiger partial charge in [-0.15, -0.1) is 0 Å². The van der Waals surface area contributed by atoms with Crippen LogP contribution >= 0.6 is 0 Å². The van der Waals surface area contributed by atoms with E-state index in [1.165, 1.54) is 7.11 Å². The molecule has 7 heteroatoms. The van der Waals surface area contributed by atoms with Crippen molar-refractivity contribution >= 4 is 11.6 Å². The molecule has 0 unspecified atom stereocenters. The molecule has 0 saturated carbocycles. The average Bonchev–Trinajstić information content (AvgIpc) is 3.28. The molecule has 0 saturated heterocycles. The molecule has 0 aliphatic heterocycles. The molecule has 1 aromatic heterocycles. The summed E-state index contributed by atoms with van der Waals surface area (Å²) in [5.74, 6) is 1.51. The molecule has 0 spiro atoms. The van der Waals surface area contributed by atoms with Crippen molar-refractivity contribution in [1.29, 1.82) is 0 Å². The molecule has 31 heavy (non-hydrogen) atoms. The van der Waals surface area contributed by atoms with Crippen LogP contribution < -0.4 is 14.8 Å². The van der Waals surface area contributed by atoms with Crippen molar-refractivity contribution in [2.45, 2.75) is 6.92 Å². The molecule has 1 heterocycles. The van der Waals surface area contributed by atoms with Crippen molar-refractivity contribution < 1.29 is 18.8 Å². The van der Waals surface area contributed by atoms with Crippen LogP contribution in [-0.2, 0) is 4.79 Å². The van der Waals surface area contributed by atoms with E-state index in [1.54, 1.807) is 18.2 Å². The van der Waals surface area contributed by atoms with E-state index in [2.05, 4.69) is 15.5 Å².